The first-order valence-corrected chi connectivity index (χ1v) is 13.0. The van der Waals surface area contributed by atoms with E-state index in [1.54, 1.807) is 42.5 Å². The lowest BCUT2D eigenvalue weighted by Gasteiger charge is -2.37. The SMILES string of the molecule is CCOc1ccccc1[C@@H]1[C@H](C(C)=O)N2c3c(cccc3OC(C)=O)C=C[C@H]2C12C(=O)c1ccccc1C2=O. The highest BCUT2D eigenvalue weighted by Gasteiger charge is 2.71. The number of esters is 1. The molecule has 0 bridgehead atoms. The van der Waals surface area contributed by atoms with Crippen molar-refractivity contribution in [1.82, 2.24) is 0 Å². The van der Waals surface area contributed by atoms with Crippen molar-refractivity contribution >= 4 is 35.1 Å². The van der Waals surface area contributed by atoms with E-state index in [0.717, 1.165) is 5.56 Å². The predicted molar refractivity (Wildman–Crippen MR) is 145 cm³/mol. The van der Waals surface area contributed by atoms with Crippen molar-refractivity contribution in [2.75, 3.05) is 11.5 Å². The molecule has 0 aromatic heterocycles. The highest BCUT2D eigenvalue weighted by Crippen LogP contribution is 2.62. The molecule has 39 heavy (non-hydrogen) atoms. The first-order valence-electron chi connectivity index (χ1n) is 13.0. The van der Waals surface area contributed by atoms with Gasteiger partial charge in [-0.15, -0.1) is 0 Å². The van der Waals surface area contributed by atoms with Crippen LogP contribution in [-0.4, -0.2) is 42.0 Å². The second-order valence-corrected chi connectivity index (χ2v) is 10.1. The molecule has 0 amide bonds. The number of anilines is 1. The standard InChI is InChI=1S/C32H27NO6/c1-4-38-24-14-8-7-13-23(24)27-28(18(2)34)33-26(17-16-20-10-9-15-25(29(20)33)39-19(3)35)32(27)30(36)21-11-5-6-12-22(21)31(32)37/h5-17,26-28H,4H2,1-3H3/t26-,27+,28-/m0/s1. The van der Waals surface area contributed by atoms with Gasteiger partial charge in [0.25, 0.3) is 0 Å². The van der Waals surface area contributed by atoms with Gasteiger partial charge in [-0.05, 0) is 26.0 Å². The molecule has 2 aliphatic heterocycles. The number of nitrogens with zero attached hydrogens (tertiary/aromatic N) is 1. The summed E-state index contributed by atoms with van der Waals surface area (Å²) in [6.45, 7) is 5.01. The molecule has 196 valence electrons. The van der Waals surface area contributed by atoms with Crippen molar-refractivity contribution in [3.63, 3.8) is 0 Å². The minimum Gasteiger partial charge on any atom is -0.494 e. The molecular weight excluding hydrogens is 494 g/mol. The molecule has 7 heteroatoms. The lowest BCUT2D eigenvalue weighted by atomic mass is 9.64. The van der Waals surface area contributed by atoms with Crippen molar-refractivity contribution in [3.05, 3.63) is 95.1 Å². The first kappa shape index (κ1) is 24.8. The van der Waals surface area contributed by atoms with Crippen molar-refractivity contribution in [1.29, 1.82) is 0 Å². The maximum absolute atomic E-state index is 14.6. The van der Waals surface area contributed by atoms with E-state index in [1.165, 1.54) is 13.8 Å². The summed E-state index contributed by atoms with van der Waals surface area (Å²) in [5.74, 6) is -1.46. The fraction of sp³-hybridized carbons (Fsp3) is 0.250. The maximum Gasteiger partial charge on any atom is 0.308 e. The quantitative estimate of drug-likeness (QED) is 0.264. The van der Waals surface area contributed by atoms with E-state index in [4.69, 9.17) is 9.47 Å². The van der Waals surface area contributed by atoms with Crippen LogP contribution >= 0.6 is 0 Å². The number of para-hydroxylation sites is 2. The zero-order valence-electron chi connectivity index (χ0n) is 21.8. The molecule has 6 rings (SSSR count). The Labute approximate surface area is 226 Å². The van der Waals surface area contributed by atoms with E-state index in [1.807, 2.05) is 48.2 Å². The molecule has 0 unspecified atom stereocenters. The molecule has 7 nitrogen and oxygen atoms in total. The van der Waals surface area contributed by atoms with Gasteiger partial charge in [0.1, 0.15) is 11.2 Å². The number of hydrogen-bond donors (Lipinski definition) is 0. The number of fused-ring (bicyclic) bond motifs is 5. The monoisotopic (exact) mass is 521 g/mol. The van der Waals surface area contributed by atoms with Gasteiger partial charge in [0.05, 0.1) is 24.4 Å². The van der Waals surface area contributed by atoms with Crippen LogP contribution in [0.3, 0.4) is 0 Å². The Morgan fingerprint density at radius 1 is 0.872 bits per heavy atom. The lowest BCUT2D eigenvalue weighted by molar-refractivity contribution is -0.131. The topological polar surface area (TPSA) is 90.0 Å². The second-order valence-electron chi connectivity index (χ2n) is 10.1. The fourth-order valence-corrected chi connectivity index (χ4v) is 6.74. The van der Waals surface area contributed by atoms with Gasteiger partial charge in [-0.3, -0.25) is 19.2 Å². The van der Waals surface area contributed by atoms with Crippen LogP contribution in [0.2, 0.25) is 0 Å². The summed E-state index contributed by atoms with van der Waals surface area (Å²) in [4.78, 5) is 56.7. The van der Waals surface area contributed by atoms with Crippen molar-refractivity contribution < 1.29 is 28.7 Å². The Bertz CT molecular complexity index is 1550. The van der Waals surface area contributed by atoms with E-state index in [9.17, 15) is 19.2 Å². The zero-order valence-corrected chi connectivity index (χ0v) is 21.8. The van der Waals surface area contributed by atoms with E-state index < -0.39 is 29.4 Å². The molecule has 3 aromatic carbocycles. The van der Waals surface area contributed by atoms with E-state index >= 15 is 0 Å². The number of Topliss-reactive ketones (excluding diaryl/α,β-unsaturated/α-hetero) is 3. The zero-order chi connectivity index (χ0) is 27.5. The van der Waals surface area contributed by atoms with E-state index in [2.05, 4.69) is 0 Å². The van der Waals surface area contributed by atoms with Crippen LogP contribution in [0.15, 0.2) is 72.8 Å². The summed E-state index contributed by atoms with van der Waals surface area (Å²) in [5.41, 5.74) is 0.901. The Balaban J connectivity index is 1.70. The number of rotatable bonds is 5. The van der Waals surface area contributed by atoms with Gasteiger partial charge in [0.15, 0.2) is 23.1 Å². The van der Waals surface area contributed by atoms with Gasteiger partial charge in [0.2, 0.25) is 0 Å². The highest BCUT2D eigenvalue weighted by atomic mass is 16.5. The van der Waals surface area contributed by atoms with E-state index in [-0.39, 0.29) is 23.1 Å². The Morgan fingerprint density at radius 3 is 2.15 bits per heavy atom. The molecule has 1 fully saturated rings. The molecule has 1 spiro atoms. The molecule has 1 aliphatic carbocycles. The second kappa shape index (κ2) is 9.05. The Morgan fingerprint density at radius 2 is 1.51 bits per heavy atom. The van der Waals surface area contributed by atoms with Gasteiger partial charge in [-0.1, -0.05) is 66.7 Å². The molecule has 3 aromatic rings. The molecule has 1 saturated heterocycles. The number of carbonyl (C=O) groups excluding carboxylic acids is 4. The summed E-state index contributed by atoms with van der Waals surface area (Å²) in [6, 6.07) is 17.7. The lowest BCUT2D eigenvalue weighted by Crippen LogP contribution is -2.48. The predicted octanol–water partition coefficient (Wildman–Crippen LogP) is 5.03. The normalized spacial score (nSPS) is 21.9. The van der Waals surface area contributed by atoms with Crippen LogP contribution < -0.4 is 14.4 Å². The van der Waals surface area contributed by atoms with Crippen molar-refractivity contribution in [3.8, 4) is 11.5 Å². The van der Waals surface area contributed by atoms with Crippen LogP contribution in [-0.2, 0) is 9.59 Å². The Kier molecular flexibility index (Phi) is 5.75. The summed E-state index contributed by atoms with van der Waals surface area (Å²) in [5, 5.41) is 0. The molecule has 0 saturated carbocycles. The number of benzene rings is 3. The van der Waals surface area contributed by atoms with Crippen molar-refractivity contribution in [2.45, 2.75) is 38.8 Å². The molecule has 2 heterocycles. The molecule has 0 N–H and O–H groups in total. The number of ether oxygens (including phenoxy) is 2. The third kappa shape index (κ3) is 3.35. The van der Waals surface area contributed by atoms with Gasteiger partial charge in [0, 0.05) is 35.1 Å². The highest BCUT2D eigenvalue weighted by molar-refractivity contribution is 6.32. The van der Waals surface area contributed by atoms with Gasteiger partial charge < -0.3 is 14.4 Å². The van der Waals surface area contributed by atoms with Crippen LogP contribution in [0.1, 0.15) is 58.5 Å². The number of carbonyl (C=O) groups is 4. The molecule has 3 aliphatic rings. The summed E-state index contributed by atoms with van der Waals surface area (Å²) >= 11 is 0. The summed E-state index contributed by atoms with van der Waals surface area (Å²) in [7, 11) is 0. The molecule has 3 atom stereocenters. The first-order chi connectivity index (χ1) is 18.8. The van der Waals surface area contributed by atoms with Gasteiger partial charge in [-0.25, -0.2) is 0 Å². The average molecular weight is 522 g/mol. The van der Waals surface area contributed by atoms with Crippen LogP contribution in [0.4, 0.5) is 5.69 Å². The van der Waals surface area contributed by atoms with E-state index in [0.29, 0.717) is 34.7 Å². The maximum atomic E-state index is 14.6. The molecule has 0 radical (unpaired) electrons. The van der Waals surface area contributed by atoms with Crippen LogP contribution in [0.5, 0.6) is 11.5 Å². The third-order valence-corrected chi connectivity index (χ3v) is 8.01. The minimum atomic E-state index is -1.63. The van der Waals surface area contributed by atoms with Gasteiger partial charge >= 0.3 is 5.97 Å². The average Bonchev–Trinajstić information content (AvgIpc) is 3.35. The van der Waals surface area contributed by atoms with Gasteiger partial charge in [-0.2, -0.15) is 0 Å². The molecular formula is C32H27NO6. The Hall–Kier alpha value is -4.52. The van der Waals surface area contributed by atoms with Crippen LogP contribution in [0, 0.1) is 5.41 Å². The third-order valence-electron chi connectivity index (χ3n) is 8.01. The summed E-state index contributed by atoms with van der Waals surface area (Å²) in [6.07, 6.45) is 3.67. The number of hydrogen-bond acceptors (Lipinski definition) is 7. The minimum absolute atomic E-state index is 0.219. The fourth-order valence-electron chi connectivity index (χ4n) is 6.74. The largest absolute Gasteiger partial charge is 0.494 e. The summed E-state index contributed by atoms with van der Waals surface area (Å²) < 4.78 is 11.6. The smallest absolute Gasteiger partial charge is 0.308 e. The number of ketones is 3. The van der Waals surface area contributed by atoms with Crippen molar-refractivity contribution in [2.24, 2.45) is 5.41 Å². The van der Waals surface area contributed by atoms with Crippen LogP contribution in [0.25, 0.3) is 6.08 Å².